The van der Waals surface area contributed by atoms with E-state index in [4.69, 9.17) is 4.74 Å². The van der Waals surface area contributed by atoms with Crippen LogP contribution in [0.15, 0.2) is 18.2 Å². The summed E-state index contributed by atoms with van der Waals surface area (Å²) in [6.45, 7) is 4.92. The van der Waals surface area contributed by atoms with Gasteiger partial charge in [0.1, 0.15) is 11.6 Å². The Labute approximate surface area is 110 Å². The lowest BCUT2D eigenvalue weighted by molar-refractivity contribution is 0.410. The van der Waals surface area contributed by atoms with Gasteiger partial charge in [-0.2, -0.15) is 0 Å². The summed E-state index contributed by atoms with van der Waals surface area (Å²) in [5, 5.41) is 3.36. The monoisotopic (exact) mass is 253 g/mol. The van der Waals surface area contributed by atoms with Crippen molar-refractivity contribution in [2.24, 2.45) is 0 Å². The quantitative estimate of drug-likeness (QED) is 0.710. The van der Waals surface area contributed by atoms with Crippen molar-refractivity contribution in [1.29, 1.82) is 0 Å². The zero-order valence-corrected chi connectivity index (χ0v) is 11.6. The van der Waals surface area contributed by atoms with E-state index in [0.29, 0.717) is 23.9 Å². The lowest BCUT2D eigenvalue weighted by atomic mass is 10.1. The first-order valence-corrected chi connectivity index (χ1v) is 6.73. The number of ether oxygens (including phenoxy) is 1. The largest absolute Gasteiger partial charge is 0.497 e. The minimum Gasteiger partial charge on any atom is -0.497 e. The third kappa shape index (κ3) is 5.05. The summed E-state index contributed by atoms with van der Waals surface area (Å²) in [5.74, 6) is 0.356. The fourth-order valence-electron chi connectivity index (χ4n) is 1.89. The number of hydrogen-bond donors (Lipinski definition) is 1. The molecule has 2 nitrogen and oxygen atoms in total. The Morgan fingerprint density at radius 3 is 2.72 bits per heavy atom. The fraction of sp³-hybridized carbons (Fsp3) is 0.600. The van der Waals surface area contributed by atoms with Crippen molar-refractivity contribution in [2.75, 3.05) is 7.11 Å². The van der Waals surface area contributed by atoms with Crippen molar-refractivity contribution < 1.29 is 9.13 Å². The van der Waals surface area contributed by atoms with Crippen molar-refractivity contribution >= 4 is 0 Å². The highest BCUT2D eigenvalue weighted by Gasteiger charge is 2.06. The van der Waals surface area contributed by atoms with Gasteiger partial charge in [-0.25, -0.2) is 4.39 Å². The van der Waals surface area contributed by atoms with Gasteiger partial charge in [0.15, 0.2) is 0 Å². The molecule has 0 saturated carbocycles. The minimum atomic E-state index is -0.206. The van der Waals surface area contributed by atoms with E-state index in [9.17, 15) is 4.39 Å². The van der Waals surface area contributed by atoms with Gasteiger partial charge in [0.05, 0.1) is 7.11 Å². The smallest absolute Gasteiger partial charge is 0.131 e. The van der Waals surface area contributed by atoms with Gasteiger partial charge in [-0.15, -0.1) is 0 Å². The molecule has 0 aliphatic carbocycles. The van der Waals surface area contributed by atoms with E-state index in [0.717, 1.165) is 6.42 Å². The topological polar surface area (TPSA) is 21.3 Å². The summed E-state index contributed by atoms with van der Waals surface area (Å²) in [7, 11) is 1.54. The second-order valence-corrected chi connectivity index (χ2v) is 4.74. The van der Waals surface area contributed by atoms with E-state index in [1.165, 1.54) is 25.3 Å². The average Bonchev–Trinajstić information content (AvgIpc) is 2.37. The highest BCUT2D eigenvalue weighted by atomic mass is 19.1. The van der Waals surface area contributed by atoms with Gasteiger partial charge in [0, 0.05) is 24.2 Å². The van der Waals surface area contributed by atoms with E-state index < -0.39 is 0 Å². The van der Waals surface area contributed by atoms with Crippen molar-refractivity contribution in [2.45, 2.75) is 52.1 Å². The van der Waals surface area contributed by atoms with Gasteiger partial charge in [0.2, 0.25) is 0 Å². The highest BCUT2D eigenvalue weighted by molar-refractivity contribution is 5.28. The molecule has 3 heteroatoms. The maximum atomic E-state index is 13.7. The molecule has 1 aromatic rings. The molecule has 0 amide bonds. The molecule has 1 N–H and O–H groups in total. The summed E-state index contributed by atoms with van der Waals surface area (Å²) >= 11 is 0. The van der Waals surface area contributed by atoms with Crippen LogP contribution in [0.3, 0.4) is 0 Å². The lowest BCUT2D eigenvalue weighted by Gasteiger charge is -2.14. The Bertz CT molecular complexity index is 354. The molecule has 0 aliphatic heterocycles. The summed E-state index contributed by atoms with van der Waals surface area (Å²) in [6, 6.07) is 5.43. The molecule has 1 rings (SSSR count). The zero-order valence-electron chi connectivity index (χ0n) is 11.6. The summed E-state index contributed by atoms with van der Waals surface area (Å²) in [6.07, 6.45) is 4.88. The Hall–Kier alpha value is -1.09. The van der Waals surface area contributed by atoms with Gasteiger partial charge in [-0.05, 0) is 19.4 Å². The highest BCUT2D eigenvalue weighted by Crippen LogP contribution is 2.16. The predicted octanol–water partition coefficient (Wildman–Crippen LogP) is 3.89. The Morgan fingerprint density at radius 2 is 2.11 bits per heavy atom. The molecule has 0 fully saturated rings. The van der Waals surface area contributed by atoms with Gasteiger partial charge < -0.3 is 10.1 Å². The van der Waals surface area contributed by atoms with Crippen LogP contribution in [0.1, 0.15) is 45.1 Å². The number of benzene rings is 1. The van der Waals surface area contributed by atoms with Gasteiger partial charge in [0.25, 0.3) is 0 Å². The van der Waals surface area contributed by atoms with Crippen LogP contribution in [-0.4, -0.2) is 13.2 Å². The second kappa shape index (κ2) is 8.09. The van der Waals surface area contributed by atoms with E-state index in [-0.39, 0.29) is 5.82 Å². The number of nitrogens with one attached hydrogen (secondary N) is 1. The van der Waals surface area contributed by atoms with Crippen molar-refractivity contribution in [3.63, 3.8) is 0 Å². The van der Waals surface area contributed by atoms with Crippen LogP contribution in [0.25, 0.3) is 0 Å². The van der Waals surface area contributed by atoms with Crippen molar-refractivity contribution in [3.8, 4) is 5.75 Å². The average molecular weight is 253 g/mol. The second-order valence-electron chi connectivity index (χ2n) is 4.74. The molecule has 0 bridgehead atoms. The third-order valence-electron chi connectivity index (χ3n) is 3.14. The van der Waals surface area contributed by atoms with Gasteiger partial charge in [-0.3, -0.25) is 0 Å². The normalized spacial score (nSPS) is 12.4. The molecule has 1 aromatic carbocycles. The molecule has 0 aromatic heterocycles. The molecular formula is C15H24FNO. The molecule has 0 radical (unpaired) electrons. The summed E-state index contributed by atoms with van der Waals surface area (Å²) < 4.78 is 18.7. The number of unbranched alkanes of at least 4 members (excludes halogenated alkanes) is 2. The van der Waals surface area contributed by atoms with Crippen LogP contribution in [0, 0.1) is 5.82 Å². The third-order valence-corrected chi connectivity index (χ3v) is 3.14. The van der Waals surface area contributed by atoms with Crippen LogP contribution >= 0.6 is 0 Å². The summed E-state index contributed by atoms with van der Waals surface area (Å²) in [5.41, 5.74) is 0.693. The zero-order chi connectivity index (χ0) is 13.4. The van der Waals surface area contributed by atoms with Gasteiger partial charge in [-0.1, -0.05) is 32.3 Å². The lowest BCUT2D eigenvalue weighted by Crippen LogP contribution is -2.25. The maximum Gasteiger partial charge on any atom is 0.131 e. The maximum absolute atomic E-state index is 13.7. The molecule has 0 saturated heterocycles. The predicted molar refractivity (Wildman–Crippen MR) is 73.4 cm³/mol. The Morgan fingerprint density at radius 1 is 1.33 bits per heavy atom. The van der Waals surface area contributed by atoms with Crippen LogP contribution in [0.5, 0.6) is 5.75 Å². The molecule has 0 spiro atoms. The van der Waals surface area contributed by atoms with E-state index in [1.54, 1.807) is 19.2 Å². The van der Waals surface area contributed by atoms with E-state index in [2.05, 4.69) is 19.2 Å². The molecule has 1 unspecified atom stereocenters. The first-order chi connectivity index (χ1) is 8.67. The first kappa shape index (κ1) is 15.0. The van der Waals surface area contributed by atoms with Crippen LogP contribution < -0.4 is 10.1 Å². The molecular weight excluding hydrogens is 229 g/mol. The molecule has 0 aliphatic rings. The fourth-order valence-corrected chi connectivity index (χ4v) is 1.89. The Balaban J connectivity index is 2.38. The SMILES string of the molecule is CCCCCC(C)NCc1ccc(OC)cc1F. The standard InChI is InChI=1S/C15H24FNO/c1-4-5-6-7-12(2)17-11-13-8-9-14(18-3)10-15(13)16/h8-10,12,17H,4-7,11H2,1-3H3. The van der Waals surface area contributed by atoms with Crippen LogP contribution in [-0.2, 0) is 6.54 Å². The Kier molecular flexibility index (Phi) is 6.73. The molecule has 102 valence electrons. The van der Waals surface area contributed by atoms with Crippen LogP contribution in [0.2, 0.25) is 0 Å². The number of hydrogen-bond acceptors (Lipinski definition) is 2. The number of halogens is 1. The molecule has 1 atom stereocenters. The number of rotatable bonds is 8. The minimum absolute atomic E-state index is 0.206. The van der Waals surface area contributed by atoms with Crippen molar-refractivity contribution in [1.82, 2.24) is 5.32 Å². The molecule has 0 heterocycles. The number of methoxy groups -OCH3 is 1. The van der Waals surface area contributed by atoms with E-state index in [1.807, 2.05) is 0 Å². The van der Waals surface area contributed by atoms with E-state index >= 15 is 0 Å². The van der Waals surface area contributed by atoms with Crippen molar-refractivity contribution in [3.05, 3.63) is 29.6 Å². The summed E-state index contributed by atoms with van der Waals surface area (Å²) in [4.78, 5) is 0. The first-order valence-electron chi connectivity index (χ1n) is 6.73. The molecule has 18 heavy (non-hydrogen) atoms. The van der Waals surface area contributed by atoms with Gasteiger partial charge >= 0.3 is 0 Å². The van der Waals surface area contributed by atoms with Crippen LogP contribution in [0.4, 0.5) is 4.39 Å².